The Bertz CT molecular complexity index is 610. The molecule has 0 saturated carbocycles. The van der Waals surface area contributed by atoms with Gasteiger partial charge in [0.2, 0.25) is 0 Å². The van der Waals surface area contributed by atoms with E-state index in [1.807, 2.05) is 24.3 Å². The van der Waals surface area contributed by atoms with Gasteiger partial charge in [-0.1, -0.05) is 30.7 Å². The van der Waals surface area contributed by atoms with Crippen LogP contribution in [0.3, 0.4) is 0 Å². The zero-order chi connectivity index (χ0) is 12.4. The van der Waals surface area contributed by atoms with Gasteiger partial charge in [-0.15, -0.1) is 0 Å². The minimum atomic E-state index is 0.599. The lowest BCUT2D eigenvalue weighted by Gasteiger charge is -2.05. The number of hydrogen-bond donors (Lipinski definition) is 1. The van der Waals surface area contributed by atoms with Crippen LogP contribution in [0.2, 0.25) is 5.02 Å². The molecule has 0 spiro atoms. The van der Waals surface area contributed by atoms with E-state index in [1.165, 1.54) is 0 Å². The van der Waals surface area contributed by atoms with Crippen LogP contribution in [-0.2, 0) is 6.42 Å². The molecule has 1 N–H and O–H groups in total. The van der Waals surface area contributed by atoms with Crippen LogP contribution in [0.15, 0.2) is 28.7 Å². The standard InChI is InChI=1S/C12H10BrClN2S/c1-2-8-6-11(17)16-12(15-8)7-3-4-10(14)9(13)5-7/h3-6H,2H2,1H3,(H,15,16,17). The maximum Gasteiger partial charge on any atom is 0.139 e. The number of H-pyrrole nitrogens is 1. The topological polar surface area (TPSA) is 28.7 Å². The third-order valence-corrected chi connectivity index (χ3v) is 3.80. The lowest BCUT2D eigenvalue weighted by atomic mass is 10.2. The molecule has 0 unspecified atom stereocenters. The van der Waals surface area contributed by atoms with Gasteiger partial charge in [-0.25, -0.2) is 4.98 Å². The minimum absolute atomic E-state index is 0.599. The zero-order valence-corrected chi connectivity index (χ0v) is 12.3. The van der Waals surface area contributed by atoms with Crippen molar-refractivity contribution in [3.63, 3.8) is 0 Å². The molecule has 0 aliphatic carbocycles. The summed E-state index contributed by atoms with van der Waals surface area (Å²) >= 11 is 14.5. The molecule has 2 aromatic rings. The molecule has 0 aliphatic heterocycles. The number of aryl methyl sites for hydroxylation is 1. The number of nitrogens with one attached hydrogen (secondary N) is 1. The summed E-state index contributed by atoms with van der Waals surface area (Å²) < 4.78 is 1.45. The predicted octanol–water partition coefficient (Wildman–Crippen LogP) is 4.78. The Balaban J connectivity index is 2.55. The zero-order valence-electron chi connectivity index (χ0n) is 9.13. The van der Waals surface area contributed by atoms with Crippen molar-refractivity contribution in [3.8, 4) is 11.4 Å². The van der Waals surface area contributed by atoms with E-state index in [1.54, 1.807) is 0 Å². The molecule has 2 rings (SSSR count). The molecule has 0 atom stereocenters. The normalized spacial score (nSPS) is 10.5. The summed E-state index contributed by atoms with van der Waals surface area (Å²) in [5, 5.41) is 0.680. The van der Waals surface area contributed by atoms with E-state index in [4.69, 9.17) is 23.8 Å². The lowest BCUT2D eigenvalue weighted by Crippen LogP contribution is -1.94. The summed E-state index contributed by atoms with van der Waals surface area (Å²) in [5.41, 5.74) is 2.04. The van der Waals surface area contributed by atoms with Gasteiger partial charge < -0.3 is 4.98 Å². The van der Waals surface area contributed by atoms with Gasteiger partial charge in [0.15, 0.2) is 0 Å². The minimum Gasteiger partial charge on any atom is -0.343 e. The number of halogens is 2. The van der Waals surface area contributed by atoms with Gasteiger partial charge in [0, 0.05) is 15.7 Å². The quantitative estimate of drug-likeness (QED) is 0.803. The third-order valence-electron chi connectivity index (χ3n) is 2.37. The van der Waals surface area contributed by atoms with Crippen molar-refractivity contribution in [2.24, 2.45) is 0 Å². The number of hydrogen-bond acceptors (Lipinski definition) is 2. The molecule has 1 aromatic carbocycles. The molecule has 0 fully saturated rings. The van der Waals surface area contributed by atoms with Gasteiger partial charge >= 0.3 is 0 Å². The van der Waals surface area contributed by atoms with Gasteiger partial charge in [0.1, 0.15) is 10.5 Å². The van der Waals surface area contributed by atoms with Gasteiger partial charge in [-0.2, -0.15) is 0 Å². The SMILES string of the molecule is CCc1cc(=S)nc(-c2ccc(Cl)c(Br)c2)[nH]1. The van der Waals surface area contributed by atoms with E-state index in [0.29, 0.717) is 9.66 Å². The first-order valence-corrected chi connectivity index (χ1v) is 6.73. The van der Waals surface area contributed by atoms with Gasteiger partial charge in [-0.3, -0.25) is 0 Å². The Morgan fingerprint density at radius 1 is 1.41 bits per heavy atom. The van der Waals surface area contributed by atoms with Crippen LogP contribution in [0.25, 0.3) is 11.4 Å². The molecule has 1 heterocycles. The fourth-order valence-electron chi connectivity index (χ4n) is 1.48. The maximum atomic E-state index is 5.96. The predicted molar refractivity (Wildman–Crippen MR) is 76.9 cm³/mol. The Kier molecular flexibility index (Phi) is 3.97. The Hall–Kier alpha value is -0.710. The number of rotatable bonds is 2. The number of nitrogens with zero attached hydrogens (tertiary/aromatic N) is 1. The Morgan fingerprint density at radius 2 is 2.18 bits per heavy atom. The second kappa shape index (κ2) is 5.29. The smallest absolute Gasteiger partial charge is 0.139 e. The van der Waals surface area contributed by atoms with Crippen LogP contribution in [0.5, 0.6) is 0 Å². The molecule has 0 saturated heterocycles. The molecule has 0 bridgehead atoms. The molecule has 0 radical (unpaired) electrons. The highest BCUT2D eigenvalue weighted by Crippen LogP contribution is 2.27. The first kappa shape index (κ1) is 12.7. The molecule has 17 heavy (non-hydrogen) atoms. The van der Waals surface area contributed by atoms with Gasteiger partial charge in [0.05, 0.1) is 5.02 Å². The van der Waals surface area contributed by atoms with Crippen molar-refractivity contribution in [1.29, 1.82) is 0 Å². The summed E-state index contributed by atoms with van der Waals surface area (Å²) in [4.78, 5) is 7.57. The van der Waals surface area contributed by atoms with Crippen LogP contribution in [-0.4, -0.2) is 9.97 Å². The highest BCUT2D eigenvalue weighted by molar-refractivity contribution is 9.10. The summed E-state index contributed by atoms with van der Waals surface area (Å²) in [6.07, 6.45) is 0.897. The first-order valence-electron chi connectivity index (χ1n) is 5.16. The van der Waals surface area contributed by atoms with Crippen LogP contribution in [0.4, 0.5) is 0 Å². The number of aromatic amines is 1. The second-order valence-electron chi connectivity index (χ2n) is 3.58. The molecule has 88 valence electrons. The Morgan fingerprint density at radius 3 is 2.82 bits per heavy atom. The molecule has 0 aliphatic rings. The number of aromatic nitrogens is 2. The van der Waals surface area contributed by atoms with Crippen molar-refractivity contribution >= 4 is 39.7 Å². The van der Waals surface area contributed by atoms with E-state index in [2.05, 4.69) is 32.8 Å². The average molecular weight is 330 g/mol. The lowest BCUT2D eigenvalue weighted by molar-refractivity contribution is 0.999. The average Bonchev–Trinajstić information content (AvgIpc) is 2.32. The van der Waals surface area contributed by atoms with E-state index in [9.17, 15) is 0 Å². The first-order chi connectivity index (χ1) is 8.10. The largest absolute Gasteiger partial charge is 0.343 e. The third kappa shape index (κ3) is 2.94. The highest BCUT2D eigenvalue weighted by Gasteiger charge is 2.04. The second-order valence-corrected chi connectivity index (χ2v) is 5.26. The Labute approximate surface area is 118 Å². The molecule has 2 nitrogen and oxygen atoms in total. The molecular formula is C12H10BrClN2S. The summed E-state index contributed by atoms with van der Waals surface area (Å²) in [7, 11) is 0. The van der Waals surface area contributed by atoms with Crippen LogP contribution in [0, 0.1) is 4.64 Å². The van der Waals surface area contributed by atoms with Crippen molar-refractivity contribution < 1.29 is 0 Å². The van der Waals surface area contributed by atoms with Crippen molar-refractivity contribution in [1.82, 2.24) is 9.97 Å². The molecular weight excluding hydrogens is 320 g/mol. The van der Waals surface area contributed by atoms with E-state index >= 15 is 0 Å². The van der Waals surface area contributed by atoms with Gasteiger partial charge in [0.25, 0.3) is 0 Å². The van der Waals surface area contributed by atoms with Crippen LogP contribution in [0.1, 0.15) is 12.6 Å². The maximum absolute atomic E-state index is 5.96. The summed E-state index contributed by atoms with van der Waals surface area (Å²) in [5.74, 6) is 0.770. The molecule has 0 amide bonds. The monoisotopic (exact) mass is 328 g/mol. The molecule has 5 heteroatoms. The van der Waals surface area contributed by atoms with Crippen molar-refractivity contribution in [3.05, 3.63) is 44.1 Å². The van der Waals surface area contributed by atoms with Crippen molar-refractivity contribution in [2.45, 2.75) is 13.3 Å². The fraction of sp³-hybridized carbons (Fsp3) is 0.167. The molecule has 1 aromatic heterocycles. The van der Waals surface area contributed by atoms with Crippen molar-refractivity contribution in [2.75, 3.05) is 0 Å². The highest BCUT2D eigenvalue weighted by atomic mass is 79.9. The summed E-state index contributed by atoms with van der Waals surface area (Å²) in [6.45, 7) is 2.07. The van der Waals surface area contributed by atoms with Crippen LogP contribution >= 0.6 is 39.7 Å². The number of benzene rings is 1. The van der Waals surface area contributed by atoms with Crippen LogP contribution < -0.4 is 0 Å². The van der Waals surface area contributed by atoms with E-state index < -0.39 is 0 Å². The fourth-order valence-corrected chi connectivity index (χ4v) is 2.21. The van der Waals surface area contributed by atoms with E-state index in [-0.39, 0.29) is 0 Å². The van der Waals surface area contributed by atoms with Gasteiger partial charge in [-0.05, 0) is 46.6 Å². The summed E-state index contributed by atoms with van der Waals surface area (Å²) in [6, 6.07) is 7.55. The van der Waals surface area contributed by atoms with E-state index in [0.717, 1.165) is 28.0 Å².